The molecular weight excluding hydrogens is 1160 g/mol. The summed E-state index contributed by atoms with van der Waals surface area (Å²) in [6.45, 7) is 9.19. The van der Waals surface area contributed by atoms with E-state index in [1.54, 1.807) is 32.0 Å². The number of esters is 2. The van der Waals surface area contributed by atoms with Crippen molar-refractivity contribution < 1.29 is 152 Å². The molecule has 302 valence electrons. The van der Waals surface area contributed by atoms with Gasteiger partial charge in [0, 0.05) is 112 Å². The summed E-state index contributed by atoms with van der Waals surface area (Å²) < 4.78 is 22.9. The van der Waals surface area contributed by atoms with Crippen LogP contribution in [0.1, 0.15) is 83.0 Å². The second kappa shape index (κ2) is 18.5. The number of nitrogens with one attached hydrogen (secondary N) is 1. The van der Waals surface area contributed by atoms with E-state index in [4.69, 9.17) is 18.9 Å². The number of benzene rings is 1. The van der Waals surface area contributed by atoms with Crippen LogP contribution in [-0.4, -0.2) is 116 Å². The number of hydrogen-bond acceptors (Lipinski definition) is 13. The molecule has 1 amide bonds. The Morgan fingerprint density at radius 2 is 1.68 bits per heavy atom. The summed E-state index contributed by atoms with van der Waals surface area (Å²) >= 11 is 0. The number of rotatable bonds is 9. The van der Waals surface area contributed by atoms with Crippen molar-refractivity contribution in [1.82, 2.24) is 5.32 Å². The van der Waals surface area contributed by atoms with E-state index in [9.17, 15) is 44.7 Å². The molecule has 5 aliphatic rings. The molecule has 0 aromatic heterocycles. The van der Waals surface area contributed by atoms with E-state index in [1.165, 1.54) is 32.1 Å². The van der Waals surface area contributed by atoms with E-state index in [1.807, 2.05) is 0 Å². The maximum absolute atomic E-state index is 14.7. The van der Waals surface area contributed by atoms with Gasteiger partial charge in [-0.15, -0.1) is 0 Å². The molecule has 4 fully saturated rings. The molecular formula is C40H53Ac2NO13. The zero-order valence-electron chi connectivity index (χ0n) is 32.4. The van der Waals surface area contributed by atoms with Crippen LogP contribution >= 0.6 is 0 Å². The quantitative estimate of drug-likeness (QED) is 0.119. The Labute approximate surface area is 398 Å². The molecule has 9 unspecified atom stereocenters. The minimum absolute atomic E-state index is 0. The van der Waals surface area contributed by atoms with Gasteiger partial charge in [0.05, 0.1) is 35.8 Å². The van der Waals surface area contributed by atoms with Crippen LogP contribution in [0.4, 0.5) is 4.79 Å². The van der Waals surface area contributed by atoms with Crippen molar-refractivity contribution >= 4 is 23.8 Å². The third kappa shape index (κ3) is 8.18. The molecule has 1 aromatic carbocycles. The van der Waals surface area contributed by atoms with E-state index in [2.05, 4.69) is 11.9 Å². The van der Waals surface area contributed by atoms with Crippen molar-refractivity contribution in [2.75, 3.05) is 13.2 Å². The SMILES string of the molecule is C=CCOC(=O)NC(C1CCCCC1)C(O)C(=O)OC1CC2(O)C(OC(=O)c3ccccc3)C3[C@]4(O)COC4CC(O)[C@@]3(C)C(=O)C(O)C(=C1C)C2(C)C.[Ac].[Ac]. The van der Waals surface area contributed by atoms with Crippen molar-refractivity contribution in [1.29, 1.82) is 0 Å². The van der Waals surface area contributed by atoms with Gasteiger partial charge in [0.1, 0.15) is 36.1 Å². The molecule has 1 saturated heterocycles. The third-order valence-electron chi connectivity index (χ3n) is 13.2. The summed E-state index contributed by atoms with van der Waals surface area (Å²) in [5.74, 6) is -4.69. The molecule has 2 bridgehead atoms. The van der Waals surface area contributed by atoms with Crippen LogP contribution in [0.25, 0.3) is 0 Å². The average Bonchev–Trinajstić information content (AvgIpc) is 3.15. The third-order valence-corrected chi connectivity index (χ3v) is 13.2. The van der Waals surface area contributed by atoms with Crippen LogP contribution < -0.4 is 5.32 Å². The predicted octanol–water partition coefficient (Wildman–Crippen LogP) is 2.28. The average molecular weight is 1210 g/mol. The summed E-state index contributed by atoms with van der Waals surface area (Å²) in [5, 5.41) is 63.3. The molecule has 56 heavy (non-hydrogen) atoms. The smallest absolute Gasteiger partial charge is 0.407 e. The standard InChI is InChI=1S/C40H53NO13.2Ac/c1-6-17-51-36(48)41-28(22-13-9-7-10-14-22)30(44)35(47)53-24-19-40(50)33(54-34(46)23-15-11-8-12-16-23)31-38(5,25(42)18-26-39(31,49)20-52-26)32(45)29(43)27(21(24)2)37(40,3)4;;/h6,8,11-12,15-16,22,24-26,28-31,33,42-44,49-50H,1,7,9-10,13-14,17-20H2,2-5H3,(H,41,48);;/t24?,25?,26?,28?,29?,30?,31?,33?,38-,39+,40?;;/m1../s1. The second-order valence-corrected chi connectivity index (χ2v) is 16.4. The number of ether oxygens (including phenoxy) is 4. The maximum Gasteiger partial charge on any atom is 0.407 e. The number of aliphatic hydroxyl groups is 5. The first kappa shape index (κ1) is 47.9. The Kier molecular flexibility index (Phi) is 15.8. The van der Waals surface area contributed by atoms with Gasteiger partial charge in [-0.1, -0.05) is 64.0 Å². The molecule has 11 atom stereocenters. The molecule has 1 heterocycles. The fraction of sp³-hybridized carbons (Fsp3) is 0.650. The largest absolute Gasteiger partial charge is 0.456 e. The molecule has 1 aliphatic heterocycles. The van der Waals surface area contributed by atoms with Gasteiger partial charge in [-0.05, 0) is 55.9 Å². The molecule has 4 aliphatic carbocycles. The second-order valence-electron chi connectivity index (χ2n) is 16.4. The summed E-state index contributed by atoms with van der Waals surface area (Å²) in [7, 11) is 0. The van der Waals surface area contributed by atoms with Crippen molar-refractivity contribution in [3.8, 4) is 0 Å². The first-order chi connectivity index (χ1) is 25.4. The van der Waals surface area contributed by atoms with E-state index < -0.39 is 101 Å². The molecule has 6 rings (SSSR count). The molecule has 1 aromatic rings. The summed E-state index contributed by atoms with van der Waals surface area (Å²) in [6.07, 6.45) is -5.65. The number of fused-ring (bicyclic) bond motifs is 5. The van der Waals surface area contributed by atoms with Crippen LogP contribution in [-0.2, 0) is 28.5 Å². The fourth-order valence-corrected chi connectivity index (χ4v) is 9.99. The number of aliphatic hydroxyl groups excluding tert-OH is 3. The molecule has 14 nitrogen and oxygen atoms in total. The van der Waals surface area contributed by atoms with Gasteiger partial charge in [0.15, 0.2) is 11.9 Å². The van der Waals surface area contributed by atoms with Gasteiger partial charge in [-0.25, -0.2) is 14.4 Å². The number of carbonyl (C=O) groups is 4. The van der Waals surface area contributed by atoms with Crippen molar-refractivity contribution in [3.63, 3.8) is 0 Å². The van der Waals surface area contributed by atoms with Crippen LogP contribution in [0.15, 0.2) is 54.1 Å². The van der Waals surface area contributed by atoms with Crippen LogP contribution in [0.2, 0.25) is 0 Å². The van der Waals surface area contributed by atoms with Crippen LogP contribution in [0.5, 0.6) is 0 Å². The predicted molar refractivity (Wildman–Crippen MR) is 191 cm³/mol. The maximum atomic E-state index is 14.7. The molecule has 0 spiro atoms. The molecule has 3 saturated carbocycles. The van der Waals surface area contributed by atoms with Crippen molar-refractivity contribution in [2.24, 2.45) is 22.7 Å². The monoisotopic (exact) mass is 1210 g/mol. The summed E-state index contributed by atoms with van der Waals surface area (Å²) in [6, 6.07) is 6.85. The van der Waals surface area contributed by atoms with Crippen molar-refractivity contribution in [2.45, 2.75) is 127 Å². The Morgan fingerprint density at radius 3 is 2.27 bits per heavy atom. The van der Waals surface area contributed by atoms with Crippen LogP contribution in [0.3, 0.4) is 0 Å². The van der Waals surface area contributed by atoms with E-state index in [-0.39, 0.29) is 130 Å². The molecule has 6 N–H and O–H groups in total. The summed E-state index contributed by atoms with van der Waals surface area (Å²) in [5.41, 5.74) is -7.38. The topological polar surface area (TPSA) is 218 Å². The Morgan fingerprint density at radius 1 is 1.04 bits per heavy atom. The Balaban J connectivity index is 0.00000348. The van der Waals surface area contributed by atoms with Crippen molar-refractivity contribution in [3.05, 3.63) is 59.7 Å². The first-order valence-corrected chi connectivity index (χ1v) is 18.8. The Hall–Kier alpha value is -0.777. The van der Waals surface area contributed by atoms with Gasteiger partial charge in [-0.3, -0.25) is 4.79 Å². The van der Waals surface area contributed by atoms with Crippen LogP contribution in [0, 0.1) is 111 Å². The molecule has 2 radical (unpaired) electrons. The van der Waals surface area contributed by atoms with Gasteiger partial charge in [0.2, 0.25) is 0 Å². The first-order valence-electron chi connectivity index (χ1n) is 18.8. The normalized spacial score (nSPS) is 35.8. The number of amides is 1. The van der Waals surface area contributed by atoms with Gasteiger partial charge in [0.25, 0.3) is 0 Å². The number of hydrogen-bond donors (Lipinski definition) is 6. The number of Topliss-reactive ketones (excluding diaryl/α,β-unsaturated/α-hetero) is 1. The summed E-state index contributed by atoms with van der Waals surface area (Å²) in [4.78, 5) is 55.2. The van der Waals surface area contributed by atoms with Gasteiger partial charge in [-0.2, -0.15) is 0 Å². The Bertz CT molecular complexity index is 1680. The number of alkyl carbamates (subject to hydrolysis) is 1. The van der Waals surface area contributed by atoms with E-state index in [0.29, 0.717) is 12.8 Å². The van der Waals surface area contributed by atoms with Gasteiger partial charge >= 0.3 is 18.0 Å². The zero-order chi connectivity index (χ0) is 39.4. The minimum atomic E-state index is -2.28. The molecule has 16 heteroatoms. The number of ketones is 1. The minimum Gasteiger partial charge on any atom is -0.456 e. The van der Waals surface area contributed by atoms with E-state index >= 15 is 0 Å². The fourth-order valence-electron chi connectivity index (χ4n) is 9.99. The zero-order valence-corrected chi connectivity index (χ0v) is 41.9. The van der Waals surface area contributed by atoms with E-state index in [0.717, 1.165) is 19.3 Å². The van der Waals surface area contributed by atoms with Gasteiger partial charge < -0.3 is 49.8 Å². The number of carbonyl (C=O) groups excluding carboxylic acids is 4.